The third-order valence-electron chi connectivity index (χ3n) is 21.0. The summed E-state index contributed by atoms with van der Waals surface area (Å²) in [4.78, 5) is 46.9. The van der Waals surface area contributed by atoms with E-state index in [2.05, 4.69) is 152 Å². The van der Waals surface area contributed by atoms with Crippen LogP contribution >= 0.6 is 0 Å². The second-order valence-corrected chi connectivity index (χ2v) is 27.0. The van der Waals surface area contributed by atoms with E-state index in [-0.39, 0.29) is 38.3 Å². The van der Waals surface area contributed by atoms with Crippen LogP contribution in [0.5, 0.6) is 0 Å². The van der Waals surface area contributed by atoms with Crippen molar-refractivity contribution in [1.29, 1.82) is 0 Å². The molecule has 0 aromatic heterocycles. The highest BCUT2D eigenvalue weighted by Gasteiger charge is 2.56. The predicted molar refractivity (Wildman–Crippen MR) is 314 cm³/mol. The third kappa shape index (κ3) is 12.1. The van der Waals surface area contributed by atoms with Crippen molar-refractivity contribution in [3.63, 3.8) is 0 Å². The number of fused-ring (bicyclic) bond motifs is 9. The van der Waals surface area contributed by atoms with Gasteiger partial charge in [-0.05, 0) is 207 Å². The largest absolute Gasteiger partial charge is 0.300 e. The first-order valence-corrected chi connectivity index (χ1v) is 30.0. The zero-order valence-corrected chi connectivity index (χ0v) is 50.8. The Morgan fingerprint density at radius 1 is 0.432 bits per heavy atom. The minimum absolute atomic E-state index is 0.124. The van der Waals surface area contributed by atoms with Crippen molar-refractivity contribution in [3.05, 3.63) is 105 Å². The molecular weight excluding hydrogens is 905 g/mol. The van der Waals surface area contributed by atoms with Gasteiger partial charge in [-0.15, -0.1) is 0 Å². The number of benzene rings is 3. The molecule has 3 aromatic rings. The Morgan fingerprint density at radius 3 is 0.851 bits per heavy atom. The van der Waals surface area contributed by atoms with Gasteiger partial charge in [0.15, 0.2) is 0 Å². The van der Waals surface area contributed by atoms with E-state index in [0.29, 0.717) is 59.3 Å². The Labute approximate surface area is 453 Å². The minimum Gasteiger partial charge on any atom is -0.300 e. The third-order valence-corrected chi connectivity index (χ3v) is 21.0. The van der Waals surface area contributed by atoms with Gasteiger partial charge in [0.25, 0.3) is 0 Å². The van der Waals surface area contributed by atoms with Crippen molar-refractivity contribution >= 4 is 23.1 Å². The van der Waals surface area contributed by atoms with Crippen molar-refractivity contribution in [3.8, 4) is 0 Å². The highest BCUT2D eigenvalue weighted by atomic mass is 16.1. The summed E-state index contributed by atoms with van der Waals surface area (Å²) >= 11 is 0. The first-order chi connectivity index (χ1) is 34.5. The van der Waals surface area contributed by atoms with Crippen LogP contribution in [0.4, 0.5) is 0 Å². The summed E-state index contributed by atoms with van der Waals surface area (Å²) in [5.74, 6) is 4.71. The van der Waals surface area contributed by atoms with E-state index in [0.717, 1.165) is 38.5 Å². The molecule has 9 atom stereocenters. The zero-order valence-electron chi connectivity index (χ0n) is 50.8. The molecule has 4 heteroatoms. The van der Waals surface area contributed by atoms with E-state index in [1.165, 1.54) is 114 Å². The van der Waals surface area contributed by atoms with Crippen LogP contribution in [0.1, 0.15) is 289 Å². The standard InChI is InChI=1S/3C21H30O.C4H8O.C3H8/c3*1-14(2)16-7-9-18-17(13-16)8-10-19-20(4,15(3)22)11-6-12-21(18,19)5;1-3-4(2)5;1-3-2/h3*7,9,13-14,19H,6,8,10-12H2,1-5H3;3H2,1-2H3;3H2,1-2H3. The molecule has 0 spiro atoms. The second-order valence-electron chi connectivity index (χ2n) is 27.0. The van der Waals surface area contributed by atoms with Gasteiger partial charge in [-0.25, -0.2) is 0 Å². The summed E-state index contributed by atoms with van der Waals surface area (Å²) < 4.78 is 0. The first-order valence-electron chi connectivity index (χ1n) is 30.0. The van der Waals surface area contributed by atoms with Crippen LogP contribution in [-0.2, 0) is 54.7 Å². The molecule has 4 nitrogen and oxygen atoms in total. The van der Waals surface area contributed by atoms with Gasteiger partial charge >= 0.3 is 0 Å². The maximum Gasteiger partial charge on any atom is 0.135 e. The monoisotopic (exact) mass is 1010 g/mol. The first kappa shape index (κ1) is 61.2. The van der Waals surface area contributed by atoms with Crippen LogP contribution < -0.4 is 0 Å². The van der Waals surface area contributed by atoms with Gasteiger partial charge in [-0.2, -0.15) is 0 Å². The van der Waals surface area contributed by atoms with Crippen LogP contribution in [0.25, 0.3) is 0 Å². The lowest BCUT2D eigenvalue weighted by atomic mass is 9.49. The molecule has 3 aromatic carbocycles. The summed E-state index contributed by atoms with van der Waals surface area (Å²) in [5, 5.41) is 0. The molecule has 0 radical (unpaired) electrons. The quantitative estimate of drug-likeness (QED) is 0.236. The Hall–Kier alpha value is -3.66. The van der Waals surface area contributed by atoms with Gasteiger partial charge in [0, 0.05) is 22.7 Å². The highest BCUT2D eigenvalue weighted by Crippen LogP contribution is 2.60. The van der Waals surface area contributed by atoms with Gasteiger partial charge in [0.2, 0.25) is 0 Å². The number of ketones is 4. The Balaban J connectivity index is 0.000000191. The predicted octanol–water partition coefficient (Wildman–Crippen LogP) is 18.6. The number of aryl methyl sites for hydroxylation is 3. The Kier molecular flexibility index (Phi) is 20.1. The molecule has 0 N–H and O–H groups in total. The van der Waals surface area contributed by atoms with Gasteiger partial charge in [-0.1, -0.05) is 184 Å². The van der Waals surface area contributed by atoms with Crippen molar-refractivity contribution < 1.29 is 19.2 Å². The molecule has 3 saturated carbocycles. The SMILES string of the molecule is CC(=O)C1(C)CCCC2(C)c3ccc(C(C)C)cc3CCC12.CC(=O)C1(C)CCCC2(C)c3ccc(C(C)C)cc3CCC12.CC(=O)C1(C)CCCC2(C)c3ccc(C(C)C)cc3CCC12.CCC.CCC(C)=O. The van der Waals surface area contributed by atoms with Gasteiger partial charge in [0.05, 0.1) is 0 Å². The smallest absolute Gasteiger partial charge is 0.135 e. The lowest BCUT2D eigenvalue weighted by Crippen LogP contribution is -2.51. The van der Waals surface area contributed by atoms with Gasteiger partial charge in [0.1, 0.15) is 23.1 Å². The van der Waals surface area contributed by atoms with E-state index in [4.69, 9.17) is 0 Å². The van der Waals surface area contributed by atoms with Gasteiger partial charge in [-0.3, -0.25) is 14.4 Å². The fraction of sp³-hybridized carbons (Fsp3) is 0.686. The van der Waals surface area contributed by atoms with Crippen molar-refractivity contribution in [2.75, 3.05) is 0 Å². The lowest BCUT2D eigenvalue weighted by Gasteiger charge is -2.54. The van der Waals surface area contributed by atoms with E-state index < -0.39 is 0 Å². The number of Topliss-reactive ketones (excluding diaryl/α,β-unsaturated/α-hetero) is 4. The number of rotatable bonds is 7. The normalized spacial score (nSPS) is 31.2. The van der Waals surface area contributed by atoms with Crippen LogP contribution in [-0.4, -0.2) is 23.1 Å². The Morgan fingerprint density at radius 2 is 0.662 bits per heavy atom. The lowest BCUT2D eigenvalue weighted by molar-refractivity contribution is -0.134. The number of hydrogen-bond acceptors (Lipinski definition) is 4. The average Bonchev–Trinajstić information content (AvgIpc) is 3.34. The summed E-state index contributed by atoms with van der Waals surface area (Å²) in [6.07, 6.45) is 19.3. The van der Waals surface area contributed by atoms with E-state index in [1.807, 2.05) is 27.7 Å². The molecule has 9 rings (SSSR count). The van der Waals surface area contributed by atoms with Crippen molar-refractivity contribution in [1.82, 2.24) is 0 Å². The maximum absolute atomic E-state index is 12.4. The summed E-state index contributed by atoms with van der Waals surface area (Å²) in [7, 11) is 0. The van der Waals surface area contributed by atoms with Crippen molar-refractivity contribution in [2.24, 2.45) is 34.0 Å². The zero-order chi connectivity index (χ0) is 55.4. The van der Waals surface area contributed by atoms with E-state index >= 15 is 0 Å². The molecule has 6 aliphatic rings. The van der Waals surface area contributed by atoms with Crippen LogP contribution in [0, 0.1) is 34.0 Å². The average molecular weight is 1010 g/mol. The molecule has 0 heterocycles. The molecule has 74 heavy (non-hydrogen) atoms. The molecule has 3 fully saturated rings. The summed E-state index contributed by atoms with van der Waals surface area (Å²) in [5.41, 5.74) is 13.7. The molecule has 0 saturated heterocycles. The van der Waals surface area contributed by atoms with E-state index in [9.17, 15) is 19.2 Å². The summed E-state index contributed by atoms with van der Waals surface area (Å²) in [6.45, 7) is 40.7. The molecule has 0 aliphatic heterocycles. The fourth-order valence-electron chi connectivity index (χ4n) is 15.9. The highest BCUT2D eigenvalue weighted by molar-refractivity contribution is 5.84. The second kappa shape index (κ2) is 24.3. The molecular formula is C70H106O4. The summed E-state index contributed by atoms with van der Waals surface area (Å²) in [6, 6.07) is 21.4. The van der Waals surface area contributed by atoms with E-state index in [1.54, 1.807) is 6.92 Å². The molecule has 0 bridgehead atoms. The topological polar surface area (TPSA) is 68.3 Å². The maximum atomic E-state index is 12.4. The van der Waals surface area contributed by atoms with Crippen molar-refractivity contribution in [2.45, 2.75) is 275 Å². The molecule has 410 valence electrons. The van der Waals surface area contributed by atoms with Gasteiger partial charge < -0.3 is 4.79 Å². The molecule has 6 aliphatic carbocycles. The van der Waals surface area contributed by atoms with Crippen LogP contribution in [0.2, 0.25) is 0 Å². The Bertz CT molecular complexity index is 2200. The minimum atomic E-state index is -0.124. The number of carbonyl (C=O) groups excluding carboxylic acids is 4. The number of hydrogen-bond donors (Lipinski definition) is 0. The van der Waals surface area contributed by atoms with Crippen LogP contribution in [0.15, 0.2) is 54.6 Å². The molecule has 9 unspecified atom stereocenters. The molecule has 0 amide bonds. The fourth-order valence-corrected chi connectivity index (χ4v) is 15.9. The number of carbonyl (C=O) groups is 4. The van der Waals surface area contributed by atoms with Crippen LogP contribution in [0.3, 0.4) is 0 Å².